The van der Waals surface area contributed by atoms with Crippen molar-refractivity contribution in [2.24, 2.45) is 11.7 Å². The first kappa shape index (κ1) is 13.5. The van der Waals surface area contributed by atoms with Gasteiger partial charge in [-0.05, 0) is 43.5 Å². The molecule has 4 heteroatoms. The molecule has 18 heavy (non-hydrogen) atoms. The molecule has 1 aliphatic heterocycles. The van der Waals surface area contributed by atoms with E-state index in [2.05, 4.69) is 4.90 Å². The summed E-state index contributed by atoms with van der Waals surface area (Å²) in [6, 6.07) is 5.24. The summed E-state index contributed by atoms with van der Waals surface area (Å²) < 4.78 is 13.8. The van der Waals surface area contributed by atoms with Crippen LogP contribution in [0, 0.1) is 11.7 Å². The smallest absolute Gasteiger partial charge is 0.128 e. The summed E-state index contributed by atoms with van der Waals surface area (Å²) in [7, 11) is 0. The maximum Gasteiger partial charge on any atom is 0.128 e. The SMILES string of the molecule is NCc1ccc(CN2CCC(CO)CC2)c(F)c1. The molecule has 1 fully saturated rings. The number of nitrogens with zero attached hydrogens (tertiary/aromatic N) is 1. The number of hydrogen-bond acceptors (Lipinski definition) is 3. The predicted molar refractivity (Wildman–Crippen MR) is 69.4 cm³/mol. The van der Waals surface area contributed by atoms with Gasteiger partial charge in [0.25, 0.3) is 0 Å². The minimum absolute atomic E-state index is 0.165. The standard InChI is InChI=1S/C14H21FN2O/c15-14-7-12(8-16)1-2-13(14)9-17-5-3-11(10-18)4-6-17/h1-2,7,11,18H,3-6,8-10,16H2. The lowest BCUT2D eigenvalue weighted by atomic mass is 9.97. The number of aliphatic hydroxyl groups is 1. The second-order valence-electron chi connectivity index (χ2n) is 5.03. The molecule has 1 saturated heterocycles. The Morgan fingerprint density at radius 2 is 2.06 bits per heavy atom. The van der Waals surface area contributed by atoms with Crippen LogP contribution in [0.3, 0.4) is 0 Å². The van der Waals surface area contributed by atoms with Crippen LogP contribution in [0.4, 0.5) is 4.39 Å². The van der Waals surface area contributed by atoms with Gasteiger partial charge in [-0.1, -0.05) is 12.1 Å². The van der Waals surface area contributed by atoms with Gasteiger partial charge in [-0.3, -0.25) is 4.90 Å². The van der Waals surface area contributed by atoms with Gasteiger partial charge in [0.05, 0.1) is 0 Å². The van der Waals surface area contributed by atoms with Crippen LogP contribution in [0.25, 0.3) is 0 Å². The maximum atomic E-state index is 13.8. The zero-order chi connectivity index (χ0) is 13.0. The van der Waals surface area contributed by atoms with E-state index >= 15 is 0 Å². The first-order valence-corrected chi connectivity index (χ1v) is 6.53. The van der Waals surface area contributed by atoms with Crippen LogP contribution >= 0.6 is 0 Å². The Morgan fingerprint density at radius 3 is 2.61 bits per heavy atom. The zero-order valence-electron chi connectivity index (χ0n) is 10.6. The Hall–Kier alpha value is -0.970. The average Bonchev–Trinajstić information content (AvgIpc) is 2.42. The largest absolute Gasteiger partial charge is 0.396 e. The fourth-order valence-corrected chi connectivity index (χ4v) is 2.41. The van der Waals surface area contributed by atoms with E-state index in [-0.39, 0.29) is 12.4 Å². The summed E-state index contributed by atoms with van der Waals surface area (Å²) in [6.07, 6.45) is 2.00. The van der Waals surface area contributed by atoms with Crippen LogP contribution < -0.4 is 5.73 Å². The number of benzene rings is 1. The lowest BCUT2D eigenvalue weighted by Gasteiger charge is -2.31. The van der Waals surface area contributed by atoms with Crippen LogP contribution in [0.5, 0.6) is 0 Å². The van der Waals surface area contributed by atoms with Gasteiger partial charge in [0.15, 0.2) is 0 Å². The molecule has 3 nitrogen and oxygen atoms in total. The summed E-state index contributed by atoms with van der Waals surface area (Å²) in [5.41, 5.74) is 7.04. The van der Waals surface area contributed by atoms with Crippen molar-refractivity contribution in [2.75, 3.05) is 19.7 Å². The Bertz CT molecular complexity index is 389. The Morgan fingerprint density at radius 1 is 1.33 bits per heavy atom. The van der Waals surface area contributed by atoms with Gasteiger partial charge < -0.3 is 10.8 Å². The number of hydrogen-bond donors (Lipinski definition) is 2. The fourth-order valence-electron chi connectivity index (χ4n) is 2.41. The van der Waals surface area contributed by atoms with Crippen molar-refractivity contribution in [1.82, 2.24) is 4.90 Å². The molecule has 0 bridgehead atoms. The highest BCUT2D eigenvalue weighted by molar-refractivity contribution is 5.24. The molecule has 1 aromatic rings. The maximum absolute atomic E-state index is 13.8. The van der Waals surface area contributed by atoms with Gasteiger partial charge in [-0.25, -0.2) is 4.39 Å². The summed E-state index contributed by atoms with van der Waals surface area (Å²) in [5, 5.41) is 9.08. The lowest BCUT2D eigenvalue weighted by Crippen LogP contribution is -2.34. The topological polar surface area (TPSA) is 49.5 Å². The van der Waals surface area contributed by atoms with Gasteiger partial charge in [-0.2, -0.15) is 0 Å². The second kappa shape index (κ2) is 6.27. The first-order chi connectivity index (χ1) is 8.72. The lowest BCUT2D eigenvalue weighted by molar-refractivity contribution is 0.126. The molecule has 0 radical (unpaired) electrons. The quantitative estimate of drug-likeness (QED) is 0.853. The molecule has 1 aromatic carbocycles. The second-order valence-corrected chi connectivity index (χ2v) is 5.03. The molecule has 1 aliphatic rings. The number of likely N-dealkylation sites (tertiary alicyclic amines) is 1. The first-order valence-electron chi connectivity index (χ1n) is 6.53. The van der Waals surface area contributed by atoms with Crippen LogP contribution in [-0.4, -0.2) is 29.7 Å². The molecule has 0 aliphatic carbocycles. The number of halogens is 1. The summed E-state index contributed by atoms with van der Waals surface area (Å²) in [5.74, 6) is 0.257. The Kier molecular flexibility index (Phi) is 4.69. The van der Waals surface area contributed by atoms with Crippen molar-refractivity contribution in [3.63, 3.8) is 0 Å². The molecule has 3 N–H and O–H groups in total. The summed E-state index contributed by atoms with van der Waals surface area (Å²) >= 11 is 0. The van der Waals surface area contributed by atoms with E-state index in [0.717, 1.165) is 37.1 Å². The van der Waals surface area contributed by atoms with Gasteiger partial charge >= 0.3 is 0 Å². The molecule has 0 spiro atoms. The Balaban J connectivity index is 1.94. The predicted octanol–water partition coefficient (Wildman–Crippen LogP) is 1.49. The number of nitrogens with two attached hydrogens (primary N) is 1. The summed E-state index contributed by atoms with van der Waals surface area (Å²) in [6.45, 7) is 3.16. The van der Waals surface area contributed by atoms with Crippen molar-refractivity contribution < 1.29 is 9.50 Å². The molecule has 0 unspecified atom stereocenters. The third kappa shape index (κ3) is 3.28. The van der Waals surface area contributed by atoms with Crippen molar-refractivity contribution in [1.29, 1.82) is 0 Å². The molecular weight excluding hydrogens is 231 g/mol. The fraction of sp³-hybridized carbons (Fsp3) is 0.571. The summed E-state index contributed by atoms with van der Waals surface area (Å²) in [4.78, 5) is 2.24. The monoisotopic (exact) mass is 252 g/mol. The number of aliphatic hydroxyl groups excluding tert-OH is 1. The van der Waals surface area contributed by atoms with E-state index in [9.17, 15) is 4.39 Å². The van der Waals surface area contributed by atoms with E-state index in [4.69, 9.17) is 10.8 Å². The molecule has 0 atom stereocenters. The van der Waals surface area contributed by atoms with Gasteiger partial charge in [0, 0.05) is 25.3 Å². The molecule has 100 valence electrons. The minimum Gasteiger partial charge on any atom is -0.396 e. The van der Waals surface area contributed by atoms with Crippen LogP contribution in [0.15, 0.2) is 18.2 Å². The van der Waals surface area contributed by atoms with Gasteiger partial charge in [0.1, 0.15) is 5.82 Å². The minimum atomic E-state index is -0.165. The van der Waals surface area contributed by atoms with Gasteiger partial charge in [-0.15, -0.1) is 0 Å². The number of piperidine rings is 1. The molecule has 0 aromatic heterocycles. The van der Waals surface area contributed by atoms with Gasteiger partial charge in [0.2, 0.25) is 0 Å². The van der Waals surface area contributed by atoms with Crippen LogP contribution in [0.2, 0.25) is 0 Å². The molecule has 1 heterocycles. The zero-order valence-corrected chi connectivity index (χ0v) is 10.6. The van der Waals surface area contributed by atoms with E-state index in [0.29, 0.717) is 19.0 Å². The highest BCUT2D eigenvalue weighted by Crippen LogP contribution is 2.19. The average molecular weight is 252 g/mol. The van der Waals surface area contributed by atoms with Crippen molar-refractivity contribution in [2.45, 2.75) is 25.9 Å². The van der Waals surface area contributed by atoms with Crippen molar-refractivity contribution in [3.05, 3.63) is 35.1 Å². The highest BCUT2D eigenvalue weighted by atomic mass is 19.1. The normalized spacial score (nSPS) is 18.2. The third-order valence-corrected chi connectivity index (χ3v) is 3.71. The van der Waals surface area contributed by atoms with Crippen molar-refractivity contribution in [3.8, 4) is 0 Å². The Labute approximate surface area is 107 Å². The van der Waals surface area contributed by atoms with E-state index in [1.165, 1.54) is 6.07 Å². The van der Waals surface area contributed by atoms with E-state index in [1.54, 1.807) is 0 Å². The molecule has 2 rings (SSSR count). The van der Waals surface area contributed by atoms with E-state index < -0.39 is 0 Å². The molecule has 0 amide bonds. The van der Waals surface area contributed by atoms with E-state index in [1.807, 2.05) is 12.1 Å². The van der Waals surface area contributed by atoms with Crippen LogP contribution in [-0.2, 0) is 13.1 Å². The highest BCUT2D eigenvalue weighted by Gasteiger charge is 2.19. The van der Waals surface area contributed by atoms with Crippen LogP contribution in [0.1, 0.15) is 24.0 Å². The van der Waals surface area contributed by atoms with Crippen molar-refractivity contribution >= 4 is 0 Å². The molecular formula is C14H21FN2O. The number of rotatable bonds is 4. The third-order valence-electron chi connectivity index (χ3n) is 3.71. The molecule has 0 saturated carbocycles.